The summed E-state index contributed by atoms with van der Waals surface area (Å²) in [6, 6.07) is 0.624. The number of nitrogens with one attached hydrogen (secondary N) is 1. The third-order valence-electron chi connectivity index (χ3n) is 3.58. The van der Waals surface area contributed by atoms with Gasteiger partial charge < -0.3 is 15.0 Å². The Kier molecular flexibility index (Phi) is 5.25. The lowest BCUT2D eigenvalue weighted by Gasteiger charge is -2.34. The van der Waals surface area contributed by atoms with E-state index in [0.29, 0.717) is 6.04 Å². The second kappa shape index (κ2) is 6.75. The van der Waals surface area contributed by atoms with E-state index in [1.54, 1.807) is 0 Å². The highest BCUT2D eigenvalue weighted by Gasteiger charge is 2.28. The molecule has 112 valence electrons. The van der Waals surface area contributed by atoms with Crippen LogP contribution in [0, 0.1) is 0 Å². The third-order valence-corrected chi connectivity index (χ3v) is 3.58. The molecule has 1 aliphatic heterocycles. The molecule has 2 heterocycles. The second-order valence-electron chi connectivity index (χ2n) is 5.22. The van der Waals surface area contributed by atoms with Crippen LogP contribution in [-0.2, 0) is 11.8 Å². The monoisotopic (exact) mass is 391 g/mol. The molecule has 1 atom stereocenters. The topological polar surface area (TPSA) is 54.7 Å². The Morgan fingerprint density at radius 2 is 2.30 bits per heavy atom. The van der Waals surface area contributed by atoms with E-state index in [-0.39, 0.29) is 30.1 Å². The molecule has 1 saturated carbocycles. The molecule has 6 nitrogen and oxygen atoms in total. The Balaban J connectivity index is 0.00000147. The Hall–Kier alpha value is -0.830. The van der Waals surface area contributed by atoms with Gasteiger partial charge in [0.25, 0.3) is 0 Å². The van der Waals surface area contributed by atoms with Crippen LogP contribution in [0.15, 0.2) is 17.4 Å². The molecule has 3 rings (SSSR count). The average molecular weight is 391 g/mol. The molecule has 1 aliphatic carbocycles. The molecule has 20 heavy (non-hydrogen) atoms. The summed E-state index contributed by atoms with van der Waals surface area (Å²) in [5, 5.41) is 7.70. The van der Waals surface area contributed by atoms with Crippen molar-refractivity contribution >= 4 is 29.9 Å². The summed E-state index contributed by atoms with van der Waals surface area (Å²) in [6.07, 6.45) is 6.50. The maximum absolute atomic E-state index is 5.85. The molecule has 2 aliphatic rings. The fourth-order valence-corrected chi connectivity index (χ4v) is 2.36. The number of rotatable bonds is 2. The van der Waals surface area contributed by atoms with Crippen LogP contribution in [0.2, 0.25) is 0 Å². The number of hydrogen-bond donors (Lipinski definition) is 1. The van der Waals surface area contributed by atoms with E-state index in [2.05, 4.69) is 20.3 Å². The van der Waals surface area contributed by atoms with Gasteiger partial charge >= 0.3 is 0 Å². The van der Waals surface area contributed by atoms with Gasteiger partial charge in [-0.1, -0.05) is 0 Å². The molecule has 0 spiro atoms. The first-order valence-corrected chi connectivity index (χ1v) is 6.84. The van der Waals surface area contributed by atoms with E-state index in [1.807, 2.05) is 31.2 Å². The van der Waals surface area contributed by atoms with Crippen LogP contribution in [0.1, 0.15) is 24.5 Å². The van der Waals surface area contributed by atoms with Crippen LogP contribution >= 0.6 is 24.0 Å². The highest BCUT2D eigenvalue weighted by Crippen LogP contribution is 2.23. The van der Waals surface area contributed by atoms with Gasteiger partial charge in [-0.2, -0.15) is 5.10 Å². The Bertz CT molecular complexity index is 471. The van der Waals surface area contributed by atoms with E-state index in [9.17, 15) is 0 Å². The summed E-state index contributed by atoms with van der Waals surface area (Å²) in [7, 11) is 3.77. The van der Waals surface area contributed by atoms with Crippen molar-refractivity contribution in [3.8, 4) is 0 Å². The number of guanidine groups is 1. The Labute approximate surface area is 136 Å². The molecule has 0 bridgehead atoms. The number of morpholine rings is 1. The van der Waals surface area contributed by atoms with Crippen LogP contribution in [-0.4, -0.2) is 53.4 Å². The lowest BCUT2D eigenvalue weighted by molar-refractivity contribution is -0.00805. The van der Waals surface area contributed by atoms with Gasteiger partial charge in [0.05, 0.1) is 19.3 Å². The summed E-state index contributed by atoms with van der Waals surface area (Å²) < 4.78 is 7.66. The maximum atomic E-state index is 5.85. The van der Waals surface area contributed by atoms with Crippen molar-refractivity contribution in [2.45, 2.75) is 25.0 Å². The van der Waals surface area contributed by atoms with Crippen LogP contribution in [0.25, 0.3) is 0 Å². The number of hydrogen-bond acceptors (Lipinski definition) is 3. The molecular weight excluding hydrogens is 369 g/mol. The van der Waals surface area contributed by atoms with Gasteiger partial charge in [0.15, 0.2) is 5.96 Å². The van der Waals surface area contributed by atoms with Gasteiger partial charge in [-0.25, -0.2) is 0 Å². The zero-order chi connectivity index (χ0) is 13.2. The lowest BCUT2D eigenvalue weighted by Crippen LogP contribution is -2.48. The van der Waals surface area contributed by atoms with Gasteiger partial charge in [0.1, 0.15) is 6.10 Å². The summed E-state index contributed by atoms with van der Waals surface area (Å²) in [4.78, 5) is 6.66. The van der Waals surface area contributed by atoms with Crippen molar-refractivity contribution in [1.29, 1.82) is 0 Å². The largest absolute Gasteiger partial charge is 0.370 e. The minimum absolute atomic E-state index is 0. The lowest BCUT2D eigenvalue weighted by atomic mass is 10.1. The van der Waals surface area contributed by atoms with E-state index in [0.717, 1.165) is 31.2 Å². The molecule has 1 unspecified atom stereocenters. The molecule has 2 fully saturated rings. The second-order valence-corrected chi connectivity index (χ2v) is 5.22. The van der Waals surface area contributed by atoms with Crippen molar-refractivity contribution in [2.24, 2.45) is 12.0 Å². The van der Waals surface area contributed by atoms with E-state index >= 15 is 0 Å². The van der Waals surface area contributed by atoms with Gasteiger partial charge in [0, 0.05) is 38.4 Å². The first-order chi connectivity index (χ1) is 9.26. The molecule has 1 aromatic heterocycles. The molecule has 0 amide bonds. The smallest absolute Gasteiger partial charge is 0.194 e. The molecule has 1 aromatic rings. The predicted molar refractivity (Wildman–Crippen MR) is 88.4 cm³/mol. The Morgan fingerprint density at radius 1 is 1.50 bits per heavy atom. The van der Waals surface area contributed by atoms with Crippen LogP contribution in [0.5, 0.6) is 0 Å². The van der Waals surface area contributed by atoms with Crippen molar-refractivity contribution in [3.63, 3.8) is 0 Å². The standard InChI is InChI=1S/C13H21N5O.HI/c1-14-13(16-11-3-4-11)18-5-6-19-12(9-18)10-7-15-17(2)8-10;/h7-8,11-12H,3-6,9H2,1-2H3,(H,14,16);1H. The highest BCUT2D eigenvalue weighted by molar-refractivity contribution is 14.0. The van der Waals surface area contributed by atoms with Crippen LogP contribution in [0.3, 0.4) is 0 Å². The summed E-state index contributed by atoms with van der Waals surface area (Å²) in [6.45, 7) is 2.45. The number of aromatic nitrogens is 2. The normalized spacial score (nSPS) is 23.4. The zero-order valence-corrected chi connectivity index (χ0v) is 14.3. The van der Waals surface area contributed by atoms with Gasteiger partial charge in [-0.05, 0) is 12.8 Å². The van der Waals surface area contributed by atoms with E-state index in [1.165, 1.54) is 12.8 Å². The summed E-state index contributed by atoms with van der Waals surface area (Å²) >= 11 is 0. The molecule has 1 N–H and O–H groups in total. The van der Waals surface area contributed by atoms with Crippen LogP contribution < -0.4 is 5.32 Å². The minimum atomic E-state index is 0. The van der Waals surface area contributed by atoms with Crippen molar-refractivity contribution in [1.82, 2.24) is 20.0 Å². The number of halogens is 1. The van der Waals surface area contributed by atoms with Crippen molar-refractivity contribution in [3.05, 3.63) is 18.0 Å². The molecular formula is C13H22IN5O. The minimum Gasteiger partial charge on any atom is -0.370 e. The fourth-order valence-electron chi connectivity index (χ4n) is 2.36. The quantitative estimate of drug-likeness (QED) is 0.467. The van der Waals surface area contributed by atoms with Crippen molar-refractivity contribution in [2.75, 3.05) is 26.7 Å². The first-order valence-electron chi connectivity index (χ1n) is 6.84. The summed E-state index contributed by atoms with van der Waals surface area (Å²) in [5.74, 6) is 1.000. The highest BCUT2D eigenvalue weighted by atomic mass is 127. The zero-order valence-electron chi connectivity index (χ0n) is 12.0. The van der Waals surface area contributed by atoms with Gasteiger partial charge in [0.2, 0.25) is 0 Å². The van der Waals surface area contributed by atoms with Crippen molar-refractivity contribution < 1.29 is 4.74 Å². The van der Waals surface area contributed by atoms with E-state index in [4.69, 9.17) is 4.74 Å². The predicted octanol–water partition coefficient (Wildman–Crippen LogP) is 1.15. The Morgan fingerprint density at radius 3 is 2.90 bits per heavy atom. The van der Waals surface area contributed by atoms with Gasteiger partial charge in [-0.15, -0.1) is 24.0 Å². The SMILES string of the molecule is CN=C(NC1CC1)N1CCOC(c2cnn(C)c2)C1.I. The third kappa shape index (κ3) is 3.63. The number of ether oxygens (including phenoxy) is 1. The average Bonchev–Trinajstić information content (AvgIpc) is 3.15. The van der Waals surface area contributed by atoms with E-state index < -0.39 is 0 Å². The molecule has 1 saturated heterocycles. The molecule has 0 aromatic carbocycles. The first kappa shape index (κ1) is 15.6. The number of aliphatic imine (C=N–C) groups is 1. The maximum Gasteiger partial charge on any atom is 0.194 e. The number of nitrogens with zero attached hydrogens (tertiary/aromatic N) is 4. The van der Waals surface area contributed by atoms with Gasteiger partial charge in [-0.3, -0.25) is 9.67 Å². The molecule has 0 radical (unpaired) electrons. The summed E-state index contributed by atoms with van der Waals surface area (Å²) in [5.41, 5.74) is 1.13. The van der Waals surface area contributed by atoms with Crippen LogP contribution in [0.4, 0.5) is 0 Å². The number of aryl methyl sites for hydroxylation is 1. The molecule has 7 heteroatoms. The fraction of sp³-hybridized carbons (Fsp3) is 0.692.